The van der Waals surface area contributed by atoms with Gasteiger partial charge in [-0.2, -0.15) is 0 Å². The summed E-state index contributed by atoms with van der Waals surface area (Å²) in [5.74, 6) is 0.763. The molecule has 0 saturated heterocycles. The third kappa shape index (κ3) is 2.71. The molecule has 0 bridgehead atoms. The number of rotatable bonds is 2. The van der Waals surface area contributed by atoms with Crippen LogP contribution in [0.15, 0.2) is 30.3 Å². The highest BCUT2D eigenvalue weighted by Gasteiger charge is 2.36. The van der Waals surface area contributed by atoms with Crippen molar-refractivity contribution >= 4 is 0 Å². The lowest BCUT2D eigenvalue weighted by atomic mass is 9.64. The number of benzene rings is 2. The SMILES string of the molecule is Cc1cc(C2(c3cc(C)c(O)c(C)c3)CCCCC2)ccc1O. The Hall–Kier alpha value is -1.96. The predicted molar refractivity (Wildman–Crippen MR) is 94.3 cm³/mol. The van der Waals surface area contributed by atoms with Crippen molar-refractivity contribution in [2.24, 2.45) is 0 Å². The lowest BCUT2D eigenvalue weighted by molar-refractivity contribution is 0.344. The van der Waals surface area contributed by atoms with Gasteiger partial charge in [0.05, 0.1) is 0 Å². The van der Waals surface area contributed by atoms with Gasteiger partial charge in [0.2, 0.25) is 0 Å². The van der Waals surface area contributed by atoms with Gasteiger partial charge in [0, 0.05) is 5.41 Å². The Kier molecular flexibility index (Phi) is 4.09. The third-order valence-corrected chi connectivity index (χ3v) is 5.50. The molecule has 1 saturated carbocycles. The summed E-state index contributed by atoms with van der Waals surface area (Å²) in [6, 6.07) is 10.3. The van der Waals surface area contributed by atoms with Gasteiger partial charge in [0.1, 0.15) is 11.5 Å². The van der Waals surface area contributed by atoms with E-state index in [4.69, 9.17) is 0 Å². The van der Waals surface area contributed by atoms with Crippen molar-refractivity contribution in [3.8, 4) is 11.5 Å². The predicted octanol–water partition coefficient (Wildman–Crippen LogP) is 5.27. The third-order valence-electron chi connectivity index (χ3n) is 5.50. The summed E-state index contributed by atoms with van der Waals surface area (Å²) in [5, 5.41) is 20.0. The molecule has 1 aliphatic rings. The van der Waals surface area contributed by atoms with Crippen molar-refractivity contribution in [2.45, 2.75) is 58.3 Å². The Balaban J connectivity index is 2.19. The van der Waals surface area contributed by atoms with Crippen molar-refractivity contribution in [1.82, 2.24) is 0 Å². The van der Waals surface area contributed by atoms with Crippen LogP contribution in [0.1, 0.15) is 59.9 Å². The van der Waals surface area contributed by atoms with Gasteiger partial charge in [0.25, 0.3) is 0 Å². The molecule has 0 amide bonds. The largest absolute Gasteiger partial charge is 0.508 e. The number of hydrogen-bond acceptors (Lipinski definition) is 2. The van der Waals surface area contributed by atoms with Gasteiger partial charge in [-0.25, -0.2) is 0 Å². The molecule has 0 unspecified atom stereocenters. The zero-order valence-electron chi connectivity index (χ0n) is 14.3. The molecular formula is C21H26O2. The average molecular weight is 310 g/mol. The summed E-state index contributed by atoms with van der Waals surface area (Å²) in [7, 11) is 0. The summed E-state index contributed by atoms with van der Waals surface area (Å²) in [5.41, 5.74) is 5.41. The van der Waals surface area contributed by atoms with E-state index in [1.54, 1.807) is 0 Å². The first-order chi connectivity index (χ1) is 10.9. The second kappa shape index (κ2) is 5.92. The Labute approximate surface area is 138 Å². The van der Waals surface area contributed by atoms with E-state index in [2.05, 4.69) is 24.3 Å². The highest BCUT2D eigenvalue weighted by molar-refractivity contribution is 5.50. The standard InChI is InChI=1S/C21H26O2/c1-14-11-17(7-8-19(14)22)21(9-5-4-6-10-21)18-12-15(2)20(23)16(3)13-18/h7-8,11-13,22-23H,4-6,9-10H2,1-3H3. The fraction of sp³-hybridized carbons (Fsp3) is 0.429. The first-order valence-electron chi connectivity index (χ1n) is 8.55. The fourth-order valence-corrected chi connectivity index (χ4v) is 4.08. The van der Waals surface area contributed by atoms with Gasteiger partial charge in [0.15, 0.2) is 0 Å². The maximum atomic E-state index is 10.1. The van der Waals surface area contributed by atoms with E-state index < -0.39 is 0 Å². The van der Waals surface area contributed by atoms with E-state index in [0.717, 1.165) is 29.5 Å². The molecule has 3 rings (SSSR count). The van der Waals surface area contributed by atoms with Crippen LogP contribution in [-0.2, 0) is 5.41 Å². The van der Waals surface area contributed by atoms with Gasteiger partial charge in [-0.3, -0.25) is 0 Å². The van der Waals surface area contributed by atoms with Crippen LogP contribution in [0.5, 0.6) is 11.5 Å². The molecule has 122 valence electrons. The summed E-state index contributed by atoms with van der Waals surface area (Å²) in [4.78, 5) is 0. The molecule has 0 spiro atoms. The smallest absolute Gasteiger partial charge is 0.121 e. The van der Waals surface area contributed by atoms with Crippen LogP contribution in [0, 0.1) is 20.8 Å². The van der Waals surface area contributed by atoms with Crippen LogP contribution in [0.4, 0.5) is 0 Å². The lowest BCUT2D eigenvalue weighted by Gasteiger charge is -2.39. The van der Waals surface area contributed by atoms with Crippen LogP contribution in [0.3, 0.4) is 0 Å². The zero-order valence-corrected chi connectivity index (χ0v) is 14.3. The average Bonchev–Trinajstić information content (AvgIpc) is 2.55. The molecule has 0 aliphatic heterocycles. The van der Waals surface area contributed by atoms with E-state index >= 15 is 0 Å². The molecule has 0 radical (unpaired) electrons. The maximum Gasteiger partial charge on any atom is 0.121 e. The fourth-order valence-electron chi connectivity index (χ4n) is 4.08. The molecule has 1 aliphatic carbocycles. The van der Waals surface area contributed by atoms with Gasteiger partial charge >= 0.3 is 0 Å². The number of hydrogen-bond donors (Lipinski definition) is 2. The topological polar surface area (TPSA) is 40.5 Å². The normalized spacial score (nSPS) is 17.2. The molecule has 0 aromatic heterocycles. The van der Waals surface area contributed by atoms with Crippen molar-refractivity contribution in [2.75, 3.05) is 0 Å². The maximum absolute atomic E-state index is 10.1. The van der Waals surface area contributed by atoms with Gasteiger partial charge < -0.3 is 10.2 Å². The molecule has 2 N–H and O–H groups in total. The number of aryl methyl sites for hydroxylation is 3. The van der Waals surface area contributed by atoms with Gasteiger partial charge in [-0.15, -0.1) is 0 Å². The number of phenolic OH excluding ortho intramolecular Hbond substituents is 2. The van der Waals surface area contributed by atoms with Crippen LogP contribution in [0.2, 0.25) is 0 Å². The molecule has 2 aromatic carbocycles. The van der Waals surface area contributed by atoms with Crippen molar-refractivity contribution < 1.29 is 10.2 Å². The van der Waals surface area contributed by atoms with E-state index in [1.807, 2.05) is 26.8 Å². The van der Waals surface area contributed by atoms with E-state index in [-0.39, 0.29) is 5.41 Å². The Morgan fingerprint density at radius 2 is 1.30 bits per heavy atom. The second-order valence-corrected chi connectivity index (χ2v) is 7.10. The Morgan fingerprint density at radius 1 is 0.739 bits per heavy atom. The molecule has 2 nitrogen and oxygen atoms in total. The van der Waals surface area contributed by atoms with Crippen LogP contribution >= 0.6 is 0 Å². The van der Waals surface area contributed by atoms with Crippen molar-refractivity contribution in [3.63, 3.8) is 0 Å². The molecule has 0 heterocycles. The van der Waals surface area contributed by atoms with Crippen LogP contribution in [-0.4, -0.2) is 10.2 Å². The van der Waals surface area contributed by atoms with Crippen molar-refractivity contribution in [3.05, 3.63) is 58.1 Å². The minimum atomic E-state index is -0.0000694. The van der Waals surface area contributed by atoms with E-state index in [9.17, 15) is 10.2 Å². The number of aromatic hydroxyl groups is 2. The highest BCUT2D eigenvalue weighted by Crippen LogP contribution is 2.46. The highest BCUT2D eigenvalue weighted by atomic mass is 16.3. The monoisotopic (exact) mass is 310 g/mol. The number of phenols is 2. The zero-order chi connectivity index (χ0) is 16.6. The van der Waals surface area contributed by atoms with Crippen LogP contribution < -0.4 is 0 Å². The van der Waals surface area contributed by atoms with E-state index in [1.165, 1.54) is 30.4 Å². The quantitative estimate of drug-likeness (QED) is 0.793. The van der Waals surface area contributed by atoms with E-state index in [0.29, 0.717) is 11.5 Å². The van der Waals surface area contributed by atoms with Gasteiger partial charge in [-0.05, 0) is 67.5 Å². The summed E-state index contributed by atoms with van der Waals surface area (Å²) >= 11 is 0. The van der Waals surface area contributed by atoms with Crippen molar-refractivity contribution in [1.29, 1.82) is 0 Å². The van der Waals surface area contributed by atoms with Crippen LogP contribution in [0.25, 0.3) is 0 Å². The molecule has 23 heavy (non-hydrogen) atoms. The molecule has 1 fully saturated rings. The minimum Gasteiger partial charge on any atom is -0.508 e. The minimum absolute atomic E-state index is 0.0000694. The summed E-state index contributed by atoms with van der Waals surface area (Å²) in [6.07, 6.45) is 5.98. The molecule has 2 heteroatoms. The molecule has 2 aromatic rings. The summed E-state index contributed by atoms with van der Waals surface area (Å²) < 4.78 is 0. The molecule has 0 atom stereocenters. The first kappa shape index (κ1) is 15.9. The molecular weight excluding hydrogens is 284 g/mol. The Bertz CT molecular complexity index is 702. The summed E-state index contributed by atoms with van der Waals surface area (Å²) in [6.45, 7) is 5.91. The van der Waals surface area contributed by atoms with Gasteiger partial charge in [-0.1, -0.05) is 43.5 Å². The first-order valence-corrected chi connectivity index (χ1v) is 8.55. The Morgan fingerprint density at radius 3 is 1.87 bits per heavy atom. The lowest BCUT2D eigenvalue weighted by Crippen LogP contribution is -2.30. The second-order valence-electron chi connectivity index (χ2n) is 7.10.